The Balaban J connectivity index is 1.89. The van der Waals surface area contributed by atoms with E-state index >= 15 is 0 Å². The van der Waals surface area contributed by atoms with Crippen molar-refractivity contribution in [3.05, 3.63) is 83.3 Å². The van der Waals surface area contributed by atoms with Crippen molar-refractivity contribution in [2.75, 3.05) is 0 Å². The SMILES string of the molecule is NS(=O)(=O)c1ccc(-n2nc(-c3ccc(Br)cc3)cc2-c2ccccc2O)cc1. The van der Waals surface area contributed by atoms with Crippen molar-refractivity contribution in [1.29, 1.82) is 0 Å². The van der Waals surface area contributed by atoms with Crippen LogP contribution >= 0.6 is 15.9 Å². The van der Waals surface area contributed by atoms with E-state index in [1.54, 1.807) is 35.0 Å². The first-order valence-electron chi connectivity index (χ1n) is 8.60. The molecule has 4 aromatic rings. The molecular weight excluding hydrogens is 454 g/mol. The normalized spacial score (nSPS) is 11.5. The highest BCUT2D eigenvalue weighted by Gasteiger charge is 2.16. The molecule has 6 nitrogen and oxygen atoms in total. The smallest absolute Gasteiger partial charge is 0.238 e. The van der Waals surface area contributed by atoms with Crippen LogP contribution in [0.15, 0.2) is 88.2 Å². The third-order valence-electron chi connectivity index (χ3n) is 4.44. The summed E-state index contributed by atoms with van der Waals surface area (Å²) in [5.41, 5.74) is 3.54. The van der Waals surface area contributed by atoms with Gasteiger partial charge in [-0.15, -0.1) is 0 Å². The Morgan fingerprint density at radius 2 is 1.59 bits per heavy atom. The van der Waals surface area contributed by atoms with Gasteiger partial charge in [0.25, 0.3) is 0 Å². The second-order valence-electron chi connectivity index (χ2n) is 6.39. The summed E-state index contributed by atoms with van der Waals surface area (Å²) in [5.74, 6) is 0.122. The summed E-state index contributed by atoms with van der Waals surface area (Å²) in [4.78, 5) is 0.0191. The number of hydrogen-bond acceptors (Lipinski definition) is 4. The van der Waals surface area contributed by atoms with E-state index in [0.717, 1.165) is 10.0 Å². The second kappa shape index (κ2) is 7.47. The van der Waals surface area contributed by atoms with Crippen LogP contribution in [0.25, 0.3) is 28.2 Å². The largest absolute Gasteiger partial charge is 0.507 e. The van der Waals surface area contributed by atoms with Gasteiger partial charge >= 0.3 is 0 Å². The molecule has 0 aliphatic carbocycles. The van der Waals surface area contributed by atoms with Gasteiger partial charge in [-0.05, 0) is 54.6 Å². The third kappa shape index (κ3) is 3.95. The lowest BCUT2D eigenvalue weighted by Crippen LogP contribution is -2.12. The number of nitrogens with zero attached hydrogens (tertiary/aromatic N) is 2. The predicted octanol–water partition coefficient (Wildman–Crippen LogP) is 4.32. The standard InChI is InChI=1S/C21H16BrN3O3S/c22-15-7-5-14(6-8-15)19-13-20(18-3-1-2-4-21(18)26)25(24-19)16-9-11-17(12-10-16)29(23,27)28/h1-13,26H,(H2,23,27,28). The summed E-state index contributed by atoms with van der Waals surface area (Å²) < 4.78 is 25.7. The molecule has 0 radical (unpaired) electrons. The molecule has 0 spiro atoms. The molecule has 0 atom stereocenters. The molecule has 0 unspecified atom stereocenters. The van der Waals surface area contributed by atoms with Crippen LogP contribution in [0.1, 0.15) is 0 Å². The third-order valence-corrected chi connectivity index (χ3v) is 5.90. The van der Waals surface area contributed by atoms with Crippen LogP contribution in [0.3, 0.4) is 0 Å². The first-order valence-corrected chi connectivity index (χ1v) is 10.9. The number of hydrogen-bond donors (Lipinski definition) is 2. The van der Waals surface area contributed by atoms with E-state index in [-0.39, 0.29) is 10.6 Å². The number of halogens is 1. The number of aromatic nitrogens is 2. The van der Waals surface area contributed by atoms with Crippen molar-refractivity contribution in [2.45, 2.75) is 4.90 Å². The highest BCUT2D eigenvalue weighted by molar-refractivity contribution is 9.10. The molecule has 3 N–H and O–H groups in total. The van der Waals surface area contributed by atoms with E-state index in [1.807, 2.05) is 36.4 Å². The predicted molar refractivity (Wildman–Crippen MR) is 115 cm³/mol. The average molecular weight is 470 g/mol. The van der Waals surface area contributed by atoms with Gasteiger partial charge in [-0.25, -0.2) is 18.2 Å². The van der Waals surface area contributed by atoms with Gasteiger partial charge in [-0.1, -0.05) is 40.2 Å². The molecule has 0 aliphatic rings. The van der Waals surface area contributed by atoms with Crippen LogP contribution in [0.2, 0.25) is 0 Å². The fourth-order valence-corrected chi connectivity index (χ4v) is 3.78. The zero-order valence-electron chi connectivity index (χ0n) is 15.0. The molecule has 29 heavy (non-hydrogen) atoms. The Bertz CT molecular complexity index is 1280. The molecular formula is C21H16BrN3O3S. The van der Waals surface area contributed by atoms with Crippen LogP contribution in [0.4, 0.5) is 0 Å². The number of sulfonamides is 1. The van der Waals surface area contributed by atoms with E-state index < -0.39 is 10.0 Å². The van der Waals surface area contributed by atoms with Gasteiger partial charge in [0, 0.05) is 15.6 Å². The second-order valence-corrected chi connectivity index (χ2v) is 8.87. The maximum atomic E-state index is 11.5. The maximum Gasteiger partial charge on any atom is 0.238 e. The van der Waals surface area contributed by atoms with Crippen LogP contribution in [-0.2, 0) is 10.0 Å². The lowest BCUT2D eigenvalue weighted by Gasteiger charge is -2.09. The highest BCUT2D eigenvalue weighted by atomic mass is 79.9. The minimum atomic E-state index is -3.79. The van der Waals surface area contributed by atoms with Crippen molar-refractivity contribution in [1.82, 2.24) is 9.78 Å². The van der Waals surface area contributed by atoms with Gasteiger partial charge in [-0.2, -0.15) is 5.10 Å². The molecule has 0 bridgehead atoms. The molecule has 0 saturated heterocycles. The Kier molecular flexibility index (Phi) is 4.99. The fourth-order valence-electron chi connectivity index (χ4n) is 3.00. The monoisotopic (exact) mass is 469 g/mol. The first kappa shape index (κ1) is 19.4. The average Bonchev–Trinajstić information content (AvgIpc) is 3.13. The molecule has 0 amide bonds. The summed E-state index contributed by atoms with van der Waals surface area (Å²) >= 11 is 3.43. The molecule has 3 aromatic carbocycles. The first-order chi connectivity index (χ1) is 13.8. The zero-order valence-corrected chi connectivity index (χ0v) is 17.4. The number of phenols is 1. The Labute approximate surface area is 176 Å². The van der Waals surface area contributed by atoms with E-state index in [4.69, 9.17) is 10.2 Å². The minimum Gasteiger partial charge on any atom is -0.507 e. The van der Waals surface area contributed by atoms with E-state index in [1.165, 1.54) is 12.1 Å². The topological polar surface area (TPSA) is 98.2 Å². The molecule has 8 heteroatoms. The van der Waals surface area contributed by atoms with E-state index in [0.29, 0.717) is 22.6 Å². The van der Waals surface area contributed by atoms with Gasteiger partial charge in [-0.3, -0.25) is 0 Å². The summed E-state index contributed by atoms with van der Waals surface area (Å²) in [6, 6.07) is 22.7. The van der Waals surface area contributed by atoms with Crippen molar-refractivity contribution < 1.29 is 13.5 Å². The number of nitrogens with two attached hydrogens (primary N) is 1. The van der Waals surface area contributed by atoms with E-state index in [9.17, 15) is 13.5 Å². The molecule has 0 aliphatic heterocycles. The zero-order chi connectivity index (χ0) is 20.6. The summed E-state index contributed by atoms with van der Waals surface area (Å²) in [6.07, 6.45) is 0. The van der Waals surface area contributed by atoms with Crippen LogP contribution in [-0.4, -0.2) is 23.3 Å². The van der Waals surface area contributed by atoms with Crippen LogP contribution in [0, 0.1) is 0 Å². The molecule has 1 heterocycles. The highest BCUT2D eigenvalue weighted by Crippen LogP contribution is 2.34. The summed E-state index contributed by atoms with van der Waals surface area (Å²) in [5, 5.41) is 20.2. The van der Waals surface area contributed by atoms with Gasteiger partial charge < -0.3 is 5.11 Å². The molecule has 0 saturated carbocycles. The van der Waals surface area contributed by atoms with Crippen molar-refractivity contribution in [3.8, 4) is 34.0 Å². The number of benzene rings is 3. The summed E-state index contributed by atoms with van der Waals surface area (Å²) in [6.45, 7) is 0. The summed E-state index contributed by atoms with van der Waals surface area (Å²) in [7, 11) is -3.79. The van der Waals surface area contributed by atoms with Gasteiger partial charge in [0.2, 0.25) is 10.0 Å². The molecule has 146 valence electrons. The Morgan fingerprint density at radius 1 is 0.931 bits per heavy atom. The van der Waals surface area contributed by atoms with Gasteiger partial charge in [0.1, 0.15) is 5.75 Å². The van der Waals surface area contributed by atoms with Crippen LogP contribution in [0.5, 0.6) is 5.75 Å². The molecule has 4 rings (SSSR count). The number of primary sulfonamides is 1. The minimum absolute atomic E-state index is 0.0191. The fraction of sp³-hybridized carbons (Fsp3) is 0. The Morgan fingerprint density at radius 3 is 2.21 bits per heavy atom. The van der Waals surface area contributed by atoms with Gasteiger partial charge in [0.15, 0.2) is 0 Å². The lowest BCUT2D eigenvalue weighted by atomic mass is 10.1. The lowest BCUT2D eigenvalue weighted by molar-refractivity contribution is 0.477. The van der Waals surface area contributed by atoms with E-state index in [2.05, 4.69) is 15.9 Å². The quantitative estimate of drug-likeness (QED) is 0.464. The van der Waals surface area contributed by atoms with Crippen molar-refractivity contribution in [2.24, 2.45) is 5.14 Å². The number of para-hydroxylation sites is 1. The number of rotatable bonds is 4. The number of phenolic OH excluding ortho intramolecular Hbond substituents is 1. The molecule has 1 aromatic heterocycles. The maximum absolute atomic E-state index is 11.5. The van der Waals surface area contributed by atoms with Gasteiger partial charge in [0.05, 0.1) is 22.0 Å². The van der Waals surface area contributed by atoms with Crippen LogP contribution < -0.4 is 5.14 Å². The number of aromatic hydroxyl groups is 1. The van der Waals surface area contributed by atoms with Crippen molar-refractivity contribution in [3.63, 3.8) is 0 Å². The Hall–Kier alpha value is -2.94. The molecule has 0 fully saturated rings. The van der Waals surface area contributed by atoms with Crippen molar-refractivity contribution >= 4 is 26.0 Å².